The molecule has 26 heavy (non-hydrogen) atoms. The van der Waals surface area contributed by atoms with Crippen molar-refractivity contribution in [2.45, 2.75) is 65.2 Å². The van der Waals surface area contributed by atoms with E-state index in [1.807, 2.05) is 0 Å². The molecule has 1 nitrogen and oxygen atoms in total. The van der Waals surface area contributed by atoms with Gasteiger partial charge in [-0.15, -0.1) is 4.31 Å². The first kappa shape index (κ1) is 19.4. The van der Waals surface area contributed by atoms with Crippen LogP contribution in [0, 0.1) is 0 Å². The molecule has 1 aliphatic carbocycles. The third-order valence-corrected chi connectivity index (χ3v) is 7.98. The van der Waals surface area contributed by atoms with Gasteiger partial charge in [-0.1, -0.05) is 61.2 Å². The summed E-state index contributed by atoms with van der Waals surface area (Å²) in [6.45, 7) is 9.17. The normalized spacial score (nSPS) is 17.1. The van der Waals surface area contributed by atoms with Gasteiger partial charge in [-0.25, -0.2) is 0 Å². The van der Waals surface area contributed by atoms with Crippen LogP contribution in [-0.2, 0) is 6.42 Å². The third kappa shape index (κ3) is 4.66. The molecule has 1 aromatic carbocycles. The smallest absolute Gasteiger partial charge is 0.106 e. The number of rotatable bonds is 7. The molecule has 0 radical (unpaired) electrons. The van der Waals surface area contributed by atoms with Crippen molar-refractivity contribution in [2.75, 3.05) is 17.4 Å². The van der Waals surface area contributed by atoms with Crippen molar-refractivity contribution in [1.29, 1.82) is 0 Å². The standard InChI is InChI=1S/C24H34NS/c1-4-25(5-2)26-17-16-23(22-14-10-7-11-15-22)24(26)19-20(3)18-21-12-8-6-9-13-21/h6,8-9,12-13,16-18,22H,4-5,7,10-11,14-15,19H2,1-3H3/q+1. The summed E-state index contributed by atoms with van der Waals surface area (Å²) in [4.78, 5) is 1.70. The van der Waals surface area contributed by atoms with E-state index in [1.54, 1.807) is 10.4 Å². The topological polar surface area (TPSA) is 3.24 Å². The van der Waals surface area contributed by atoms with Crippen molar-refractivity contribution in [2.24, 2.45) is 0 Å². The van der Waals surface area contributed by atoms with E-state index >= 15 is 0 Å². The molecule has 0 saturated heterocycles. The van der Waals surface area contributed by atoms with Crippen LogP contribution in [0.25, 0.3) is 6.08 Å². The Morgan fingerprint density at radius 3 is 2.38 bits per heavy atom. The molecule has 0 aliphatic heterocycles. The van der Waals surface area contributed by atoms with Crippen LogP contribution in [0.3, 0.4) is 0 Å². The minimum Gasteiger partial charge on any atom is -0.106 e. The van der Waals surface area contributed by atoms with Crippen LogP contribution in [0.1, 0.15) is 74.8 Å². The van der Waals surface area contributed by atoms with Gasteiger partial charge in [0.1, 0.15) is 0 Å². The molecular formula is C24H34NS+. The fraction of sp³-hybridized carbons (Fsp3) is 0.500. The monoisotopic (exact) mass is 368 g/mol. The highest BCUT2D eigenvalue weighted by Gasteiger charge is 2.29. The fourth-order valence-electron chi connectivity index (χ4n) is 4.27. The molecular weight excluding hydrogens is 334 g/mol. The molecule has 1 saturated carbocycles. The molecule has 0 amide bonds. The Labute approximate surface area is 162 Å². The van der Waals surface area contributed by atoms with Gasteiger partial charge in [0, 0.05) is 31.1 Å². The van der Waals surface area contributed by atoms with Gasteiger partial charge in [0.2, 0.25) is 0 Å². The lowest BCUT2D eigenvalue weighted by Crippen LogP contribution is -2.21. The maximum atomic E-state index is 2.64. The summed E-state index contributed by atoms with van der Waals surface area (Å²) >= 11 is 0. The lowest BCUT2D eigenvalue weighted by molar-refractivity contribution is 0.443. The zero-order valence-corrected chi connectivity index (χ0v) is 17.5. The molecule has 2 aromatic rings. The first-order chi connectivity index (χ1) is 12.7. The molecule has 1 atom stereocenters. The Morgan fingerprint density at radius 2 is 1.73 bits per heavy atom. The van der Waals surface area contributed by atoms with Crippen LogP contribution < -0.4 is 4.31 Å². The number of allylic oxidation sites excluding steroid dienone is 1. The largest absolute Gasteiger partial charge is 0.179 e. The second kappa shape index (κ2) is 9.53. The van der Waals surface area contributed by atoms with Crippen LogP contribution >= 0.6 is 10.7 Å². The third-order valence-electron chi connectivity index (χ3n) is 5.63. The van der Waals surface area contributed by atoms with Crippen LogP contribution in [0.2, 0.25) is 0 Å². The van der Waals surface area contributed by atoms with E-state index in [9.17, 15) is 0 Å². The zero-order chi connectivity index (χ0) is 18.4. The highest BCUT2D eigenvalue weighted by Crippen LogP contribution is 2.42. The Hall–Kier alpha value is -1.38. The van der Waals surface area contributed by atoms with E-state index < -0.39 is 0 Å². The molecule has 1 aliphatic rings. The average Bonchev–Trinajstić information content (AvgIpc) is 3.07. The predicted molar refractivity (Wildman–Crippen MR) is 118 cm³/mol. The van der Waals surface area contributed by atoms with Crippen molar-refractivity contribution in [1.82, 2.24) is 0 Å². The summed E-state index contributed by atoms with van der Waals surface area (Å²) in [5.74, 6) is 0.799. The van der Waals surface area contributed by atoms with Gasteiger partial charge in [0.05, 0.1) is 10.7 Å². The SMILES string of the molecule is CCN(CC)[s+]1ccc(C2CCCCC2)c1CC(C)=Cc1ccccc1. The lowest BCUT2D eigenvalue weighted by Gasteiger charge is -2.21. The van der Waals surface area contributed by atoms with E-state index in [2.05, 4.69) is 72.9 Å². The Bertz CT molecular complexity index is 703. The quantitative estimate of drug-likeness (QED) is 0.471. The molecule has 0 spiro atoms. The first-order valence-electron chi connectivity index (χ1n) is 10.3. The van der Waals surface area contributed by atoms with Crippen LogP contribution in [0.15, 0.2) is 47.4 Å². The summed E-state index contributed by atoms with van der Waals surface area (Å²) in [7, 11) is 0.178. The number of hydrogen-bond acceptors (Lipinski definition) is 1. The fourth-order valence-corrected chi connectivity index (χ4v) is 6.60. The van der Waals surface area contributed by atoms with E-state index in [-0.39, 0.29) is 10.7 Å². The number of hydrogen-bond donors (Lipinski definition) is 0. The number of thiophene rings is 1. The first-order valence-corrected chi connectivity index (χ1v) is 11.6. The van der Waals surface area contributed by atoms with Gasteiger partial charge in [0.25, 0.3) is 0 Å². The van der Waals surface area contributed by atoms with Crippen molar-refractivity contribution in [3.8, 4) is 0 Å². The maximum Gasteiger partial charge on any atom is 0.179 e. The predicted octanol–water partition coefficient (Wildman–Crippen LogP) is 7.11. The maximum absolute atomic E-state index is 2.64. The van der Waals surface area contributed by atoms with Gasteiger partial charge in [-0.05, 0) is 45.1 Å². The van der Waals surface area contributed by atoms with Gasteiger partial charge >= 0.3 is 0 Å². The highest BCUT2D eigenvalue weighted by molar-refractivity contribution is 7.32. The number of benzene rings is 1. The van der Waals surface area contributed by atoms with Crippen LogP contribution in [-0.4, -0.2) is 13.1 Å². The second-order valence-corrected chi connectivity index (χ2v) is 9.43. The van der Waals surface area contributed by atoms with Crippen molar-refractivity contribution in [3.05, 3.63) is 63.4 Å². The summed E-state index contributed by atoms with van der Waals surface area (Å²) < 4.78 is 2.64. The van der Waals surface area contributed by atoms with Gasteiger partial charge < -0.3 is 0 Å². The molecule has 1 fully saturated rings. The van der Waals surface area contributed by atoms with Gasteiger partial charge in [0.15, 0.2) is 10.3 Å². The van der Waals surface area contributed by atoms with Crippen LogP contribution in [0.5, 0.6) is 0 Å². The van der Waals surface area contributed by atoms with Crippen molar-refractivity contribution >= 4 is 16.7 Å². The minimum absolute atomic E-state index is 0.178. The zero-order valence-electron chi connectivity index (χ0n) is 16.7. The summed E-state index contributed by atoms with van der Waals surface area (Å²) in [6, 6.07) is 13.2. The molecule has 0 N–H and O–H groups in total. The number of nitrogens with zero attached hydrogens (tertiary/aromatic N) is 1. The molecule has 1 aromatic heterocycles. The van der Waals surface area contributed by atoms with E-state index in [0.717, 1.165) is 25.4 Å². The molecule has 3 rings (SSSR count). The molecule has 140 valence electrons. The van der Waals surface area contributed by atoms with E-state index in [4.69, 9.17) is 0 Å². The second-order valence-electron chi connectivity index (χ2n) is 7.52. The molecule has 1 heterocycles. The Kier molecular flexibility index (Phi) is 7.10. The van der Waals surface area contributed by atoms with E-state index in [1.165, 1.54) is 43.2 Å². The summed E-state index contributed by atoms with van der Waals surface area (Å²) in [6.07, 6.45) is 10.5. The summed E-state index contributed by atoms with van der Waals surface area (Å²) in [5.41, 5.74) is 4.48. The lowest BCUT2D eigenvalue weighted by atomic mass is 9.84. The van der Waals surface area contributed by atoms with Crippen molar-refractivity contribution in [3.63, 3.8) is 0 Å². The molecule has 0 bridgehead atoms. The van der Waals surface area contributed by atoms with Crippen LogP contribution in [0.4, 0.5) is 0 Å². The Balaban J connectivity index is 1.91. The highest BCUT2D eigenvalue weighted by atomic mass is 32.2. The van der Waals surface area contributed by atoms with E-state index in [0.29, 0.717) is 0 Å². The van der Waals surface area contributed by atoms with Gasteiger partial charge in [-0.2, -0.15) is 0 Å². The minimum atomic E-state index is 0.178. The van der Waals surface area contributed by atoms with Gasteiger partial charge in [-0.3, -0.25) is 0 Å². The molecule has 2 heteroatoms. The average molecular weight is 369 g/mol. The molecule has 1 unspecified atom stereocenters. The Morgan fingerprint density at radius 1 is 1.04 bits per heavy atom. The van der Waals surface area contributed by atoms with Crippen molar-refractivity contribution < 1.29 is 0 Å². The summed E-state index contributed by atoms with van der Waals surface area (Å²) in [5, 5.41) is 2.50.